The zero-order chi connectivity index (χ0) is 10.4. The SMILES string of the molecule is CC(C)CC(N)C(=O)NCC(=O)P. The maximum Gasteiger partial charge on any atom is 0.237 e. The van der Waals surface area contributed by atoms with Crippen molar-refractivity contribution in [2.24, 2.45) is 11.7 Å². The van der Waals surface area contributed by atoms with Gasteiger partial charge in [0.05, 0.1) is 12.6 Å². The van der Waals surface area contributed by atoms with Gasteiger partial charge in [-0.15, -0.1) is 0 Å². The highest BCUT2D eigenvalue weighted by Crippen LogP contribution is 2.02. The third kappa shape index (κ3) is 6.67. The molecule has 0 aromatic heterocycles. The number of nitrogens with two attached hydrogens (primary N) is 1. The fraction of sp³-hybridized carbons (Fsp3) is 0.750. The molecule has 4 nitrogen and oxygen atoms in total. The lowest BCUT2D eigenvalue weighted by Gasteiger charge is -2.13. The summed E-state index contributed by atoms with van der Waals surface area (Å²) in [6.07, 6.45) is 0.636. The Morgan fingerprint density at radius 2 is 2.00 bits per heavy atom. The van der Waals surface area contributed by atoms with Crippen LogP contribution in [-0.4, -0.2) is 24.0 Å². The third-order valence-electron chi connectivity index (χ3n) is 1.50. The molecule has 0 aromatic carbocycles. The molecule has 5 heteroatoms. The van der Waals surface area contributed by atoms with Crippen molar-refractivity contribution < 1.29 is 9.59 Å². The highest BCUT2D eigenvalue weighted by molar-refractivity contribution is 7.40. The van der Waals surface area contributed by atoms with Crippen molar-refractivity contribution >= 4 is 20.7 Å². The first-order valence-electron chi connectivity index (χ1n) is 4.25. The molecule has 0 aliphatic heterocycles. The van der Waals surface area contributed by atoms with E-state index in [0.717, 1.165) is 0 Å². The Kier molecular flexibility index (Phi) is 5.84. The van der Waals surface area contributed by atoms with E-state index < -0.39 is 6.04 Å². The van der Waals surface area contributed by atoms with Crippen molar-refractivity contribution in [3.63, 3.8) is 0 Å². The van der Waals surface area contributed by atoms with Gasteiger partial charge in [0.2, 0.25) is 5.91 Å². The highest BCUT2D eigenvalue weighted by Gasteiger charge is 2.14. The monoisotopic (exact) mass is 204 g/mol. The van der Waals surface area contributed by atoms with E-state index in [1.807, 2.05) is 23.1 Å². The molecule has 0 aliphatic carbocycles. The van der Waals surface area contributed by atoms with E-state index in [9.17, 15) is 9.59 Å². The topological polar surface area (TPSA) is 72.2 Å². The van der Waals surface area contributed by atoms with Gasteiger partial charge < -0.3 is 11.1 Å². The lowest BCUT2D eigenvalue weighted by Crippen LogP contribution is -2.42. The summed E-state index contributed by atoms with van der Waals surface area (Å²) >= 11 is 0. The number of hydrogen-bond donors (Lipinski definition) is 2. The normalized spacial score (nSPS) is 12.7. The fourth-order valence-electron chi connectivity index (χ4n) is 0.920. The summed E-state index contributed by atoms with van der Waals surface area (Å²) in [5, 5.41) is 2.45. The summed E-state index contributed by atoms with van der Waals surface area (Å²) in [7, 11) is 2.00. The number of nitrogens with one attached hydrogen (secondary N) is 1. The molecule has 0 aliphatic rings. The molecule has 2 atom stereocenters. The van der Waals surface area contributed by atoms with Crippen molar-refractivity contribution in [2.75, 3.05) is 6.54 Å². The Labute approximate surface area is 80.8 Å². The minimum Gasteiger partial charge on any atom is -0.347 e. The van der Waals surface area contributed by atoms with Crippen LogP contribution in [0.25, 0.3) is 0 Å². The molecule has 0 fully saturated rings. The van der Waals surface area contributed by atoms with Gasteiger partial charge in [0.1, 0.15) is 0 Å². The third-order valence-corrected chi connectivity index (χ3v) is 1.70. The van der Waals surface area contributed by atoms with Gasteiger partial charge in [0.15, 0.2) is 5.52 Å². The van der Waals surface area contributed by atoms with Crippen LogP contribution in [-0.2, 0) is 9.59 Å². The molecule has 3 N–H and O–H groups in total. The largest absolute Gasteiger partial charge is 0.347 e. The average molecular weight is 204 g/mol. The van der Waals surface area contributed by atoms with Gasteiger partial charge in [-0.05, 0) is 12.3 Å². The molecule has 2 unspecified atom stereocenters. The number of carbonyl (C=O) groups is 2. The van der Waals surface area contributed by atoms with Gasteiger partial charge >= 0.3 is 0 Å². The summed E-state index contributed by atoms with van der Waals surface area (Å²) in [4.78, 5) is 21.7. The van der Waals surface area contributed by atoms with Crippen LogP contribution in [0.1, 0.15) is 20.3 Å². The predicted molar refractivity (Wildman–Crippen MR) is 55.2 cm³/mol. The van der Waals surface area contributed by atoms with Gasteiger partial charge in [-0.3, -0.25) is 9.59 Å². The molecule has 0 spiro atoms. The van der Waals surface area contributed by atoms with Crippen molar-refractivity contribution in [1.29, 1.82) is 0 Å². The van der Waals surface area contributed by atoms with E-state index in [2.05, 4.69) is 5.32 Å². The maximum atomic E-state index is 11.2. The van der Waals surface area contributed by atoms with Gasteiger partial charge in [-0.2, -0.15) is 0 Å². The highest BCUT2D eigenvalue weighted by atomic mass is 31.0. The van der Waals surface area contributed by atoms with Crippen LogP contribution in [0.2, 0.25) is 0 Å². The van der Waals surface area contributed by atoms with Gasteiger partial charge in [-0.1, -0.05) is 23.1 Å². The second kappa shape index (κ2) is 6.06. The molecule has 0 heterocycles. The van der Waals surface area contributed by atoms with E-state index >= 15 is 0 Å². The summed E-state index contributed by atoms with van der Waals surface area (Å²) in [5.41, 5.74) is 5.43. The Morgan fingerprint density at radius 3 is 2.38 bits per heavy atom. The van der Waals surface area contributed by atoms with Crippen LogP contribution in [0.3, 0.4) is 0 Å². The van der Waals surface area contributed by atoms with Crippen molar-refractivity contribution in [3.05, 3.63) is 0 Å². The molecule has 0 saturated carbocycles. The summed E-state index contributed by atoms with van der Waals surface area (Å²) in [5.74, 6) is 0.122. The predicted octanol–water partition coefficient (Wildman–Crippen LogP) is -0.122. The first-order chi connectivity index (χ1) is 5.93. The number of rotatable bonds is 5. The molecule has 0 radical (unpaired) electrons. The lowest BCUT2D eigenvalue weighted by atomic mass is 10.0. The minimum absolute atomic E-state index is 0.0370. The summed E-state index contributed by atoms with van der Waals surface area (Å²) in [6.45, 7) is 4.03. The Hall–Kier alpha value is -0.470. The zero-order valence-electron chi connectivity index (χ0n) is 8.04. The van der Waals surface area contributed by atoms with Crippen LogP contribution in [0.4, 0.5) is 0 Å². The van der Waals surface area contributed by atoms with E-state index in [0.29, 0.717) is 12.3 Å². The Morgan fingerprint density at radius 1 is 1.46 bits per heavy atom. The molecule has 1 amide bonds. The van der Waals surface area contributed by atoms with Gasteiger partial charge in [0, 0.05) is 0 Å². The first kappa shape index (κ1) is 12.5. The number of hydrogen-bond acceptors (Lipinski definition) is 3. The quantitative estimate of drug-likeness (QED) is 0.613. The Balaban J connectivity index is 3.76. The molecule has 13 heavy (non-hydrogen) atoms. The van der Waals surface area contributed by atoms with Crippen LogP contribution >= 0.6 is 9.24 Å². The molecule has 0 aromatic rings. The van der Waals surface area contributed by atoms with Gasteiger partial charge in [0.25, 0.3) is 0 Å². The lowest BCUT2D eigenvalue weighted by molar-refractivity contribution is -0.124. The van der Waals surface area contributed by atoms with E-state index in [-0.39, 0.29) is 18.0 Å². The van der Waals surface area contributed by atoms with E-state index in [4.69, 9.17) is 5.73 Å². The van der Waals surface area contributed by atoms with E-state index in [1.165, 1.54) is 0 Å². The molecular formula is C8H17N2O2P. The van der Waals surface area contributed by atoms with Crippen molar-refractivity contribution in [1.82, 2.24) is 5.32 Å². The summed E-state index contributed by atoms with van der Waals surface area (Å²) in [6, 6.07) is -0.510. The van der Waals surface area contributed by atoms with Crippen LogP contribution in [0.5, 0.6) is 0 Å². The zero-order valence-corrected chi connectivity index (χ0v) is 9.19. The minimum atomic E-state index is -0.510. The van der Waals surface area contributed by atoms with E-state index in [1.54, 1.807) is 0 Å². The first-order valence-corrected chi connectivity index (χ1v) is 4.82. The van der Waals surface area contributed by atoms with Crippen molar-refractivity contribution in [2.45, 2.75) is 26.3 Å². The smallest absolute Gasteiger partial charge is 0.237 e. The standard InChI is InChI=1S/C8H17N2O2P/c1-5(2)3-6(9)8(12)10-4-7(11)13/h5-6H,3-4,9,13H2,1-2H3,(H,10,12). The second-order valence-electron chi connectivity index (χ2n) is 3.42. The molecule has 0 saturated heterocycles. The Bertz CT molecular complexity index is 195. The molecule has 0 rings (SSSR count). The van der Waals surface area contributed by atoms with Crippen molar-refractivity contribution in [3.8, 4) is 0 Å². The van der Waals surface area contributed by atoms with Crippen LogP contribution in [0, 0.1) is 5.92 Å². The number of carbonyl (C=O) groups excluding carboxylic acids is 2. The van der Waals surface area contributed by atoms with Gasteiger partial charge in [-0.25, -0.2) is 0 Å². The number of amides is 1. The van der Waals surface area contributed by atoms with Crippen LogP contribution < -0.4 is 11.1 Å². The average Bonchev–Trinajstić information content (AvgIpc) is 1.98. The summed E-state index contributed by atoms with van der Waals surface area (Å²) < 4.78 is 0. The molecular weight excluding hydrogens is 187 g/mol. The fourth-order valence-corrected chi connectivity index (χ4v) is 1.02. The van der Waals surface area contributed by atoms with Crippen LogP contribution in [0.15, 0.2) is 0 Å². The second-order valence-corrected chi connectivity index (χ2v) is 4.06. The molecule has 0 bridgehead atoms. The molecule has 76 valence electrons. The maximum absolute atomic E-state index is 11.2.